The molecule has 4 heteroatoms. The second-order valence-electron chi connectivity index (χ2n) is 15.3. The van der Waals surface area contributed by atoms with Gasteiger partial charge in [0.05, 0.1) is 0 Å². The van der Waals surface area contributed by atoms with Crippen LogP contribution in [-0.2, 0) is 14.3 Å². The largest absolute Gasteiger partial charge is 0.481 e. The van der Waals surface area contributed by atoms with E-state index < -0.39 is 5.97 Å². The number of ether oxygens (including phenoxy) is 1. The predicted octanol–water partition coefficient (Wildman–Crippen LogP) is 15.2. The number of rotatable bonds is 41. The van der Waals surface area contributed by atoms with Crippen molar-refractivity contribution in [2.75, 3.05) is 0 Å². The molecule has 0 saturated carbocycles. The summed E-state index contributed by atoms with van der Waals surface area (Å²) < 4.78 is 6.03. The number of carboxylic acids is 1. The van der Waals surface area contributed by atoms with E-state index in [4.69, 9.17) is 9.84 Å². The summed E-state index contributed by atoms with van der Waals surface area (Å²) in [6.07, 6.45) is 48.5. The van der Waals surface area contributed by atoms with E-state index in [-0.39, 0.29) is 18.5 Å². The van der Waals surface area contributed by atoms with Crippen LogP contribution in [0.5, 0.6) is 0 Å². The summed E-state index contributed by atoms with van der Waals surface area (Å²) >= 11 is 0. The molecule has 1 atom stereocenters. The van der Waals surface area contributed by atoms with Gasteiger partial charge >= 0.3 is 11.9 Å². The minimum atomic E-state index is -0.695. The van der Waals surface area contributed by atoms with Crippen molar-refractivity contribution < 1.29 is 19.4 Å². The van der Waals surface area contributed by atoms with Crippen LogP contribution in [0.25, 0.3) is 0 Å². The minimum Gasteiger partial charge on any atom is -0.481 e. The second kappa shape index (κ2) is 40.4. The fourth-order valence-electron chi connectivity index (χ4n) is 7.07. The third-order valence-corrected chi connectivity index (χ3v) is 10.3. The lowest BCUT2D eigenvalue weighted by molar-refractivity contribution is -0.150. The minimum absolute atomic E-state index is 0.0110. The maximum absolute atomic E-state index is 12.7. The SMILES string of the molecule is CCCCCCCCCCCCCCCCCCCCC(=O)OC(CCCCCCCCCCCCCC)CCCCCCCC(=O)O. The Bertz CT molecular complexity index is 648. The Labute approximate surface area is 301 Å². The van der Waals surface area contributed by atoms with E-state index in [0.717, 1.165) is 64.2 Å². The Kier molecular flexibility index (Phi) is 39.5. The molecule has 0 fully saturated rings. The molecule has 0 amide bonds. The lowest BCUT2D eigenvalue weighted by Gasteiger charge is -2.18. The van der Waals surface area contributed by atoms with Gasteiger partial charge in [0.15, 0.2) is 0 Å². The maximum atomic E-state index is 12.7. The number of carboxylic acid groups (broad SMARTS) is 1. The van der Waals surface area contributed by atoms with E-state index in [0.29, 0.717) is 6.42 Å². The Morgan fingerprint density at radius 2 is 0.625 bits per heavy atom. The summed E-state index contributed by atoms with van der Waals surface area (Å²) in [6, 6.07) is 0. The lowest BCUT2D eigenvalue weighted by Crippen LogP contribution is -2.18. The van der Waals surface area contributed by atoms with Crippen LogP contribution < -0.4 is 0 Å². The highest BCUT2D eigenvalue weighted by molar-refractivity contribution is 5.69. The fourth-order valence-corrected chi connectivity index (χ4v) is 7.07. The average Bonchev–Trinajstić information content (AvgIpc) is 3.07. The van der Waals surface area contributed by atoms with Crippen molar-refractivity contribution >= 4 is 11.9 Å². The van der Waals surface area contributed by atoms with Gasteiger partial charge in [-0.05, 0) is 38.5 Å². The van der Waals surface area contributed by atoms with Crippen LogP contribution in [0.15, 0.2) is 0 Å². The van der Waals surface area contributed by atoms with E-state index in [2.05, 4.69) is 13.8 Å². The van der Waals surface area contributed by atoms with Crippen molar-refractivity contribution in [3.8, 4) is 0 Å². The van der Waals surface area contributed by atoms with Gasteiger partial charge in [0, 0.05) is 12.8 Å². The molecule has 0 saturated heterocycles. The normalized spacial score (nSPS) is 12.0. The molecule has 0 radical (unpaired) electrons. The van der Waals surface area contributed by atoms with Crippen LogP contribution in [0.1, 0.15) is 264 Å². The van der Waals surface area contributed by atoms with Crippen LogP contribution in [0.3, 0.4) is 0 Å². The molecule has 4 nitrogen and oxygen atoms in total. The van der Waals surface area contributed by atoms with Gasteiger partial charge in [-0.15, -0.1) is 0 Å². The third kappa shape index (κ3) is 39.4. The van der Waals surface area contributed by atoms with Crippen LogP contribution in [-0.4, -0.2) is 23.1 Å². The Balaban J connectivity index is 3.91. The summed E-state index contributed by atoms with van der Waals surface area (Å²) in [6.45, 7) is 4.57. The van der Waals surface area contributed by atoms with E-state index in [9.17, 15) is 9.59 Å². The molecule has 0 bridgehead atoms. The molecule has 0 aliphatic rings. The molecule has 1 unspecified atom stereocenters. The smallest absolute Gasteiger partial charge is 0.306 e. The molecule has 0 aliphatic heterocycles. The van der Waals surface area contributed by atoms with Gasteiger partial charge in [-0.2, -0.15) is 0 Å². The zero-order valence-electron chi connectivity index (χ0n) is 32.8. The topological polar surface area (TPSA) is 63.6 Å². The number of hydrogen-bond donors (Lipinski definition) is 1. The highest BCUT2D eigenvalue weighted by atomic mass is 16.5. The quantitative estimate of drug-likeness (QED) is 0.0516. The fraction of sp³-hybridized carbons (Fsp3) is 0.955. The van der Waals surface area contributed by atoms with Gasteiger partial charge in [0.2, 0.25) is 0 Å². The van der Waals surface area contributed by atoms with Gasteiger partial charge < -0.3 is 9.84 Å². The molecule has 0 aromatic rings. The molecule has 286 valence electrons. The first-order valence-corrected chi connectivity index (χ1v) is 22.0. The van der Waals surface area contributed by atoms with E-state index >= 15 is 0 Å². The molecule has 0 spiro atoms. The summed E-state index contributed by atoms with van der Waals surface area (Å²) in [5.74, 6) is -0.684. The Morgan fingerprint density at radius 1 is 0.375 bits per heavy atom. The van der Waals surface area contributed by atoms with Gasteiger partial charge in [-0.25, -0.2) is 0 Å². The molecule has 0 aromatic heterocycles. The van der Waals surface area contributed by atoms with Crippen molar-refractivity contribution in [1.82, 2.24) is 0 Å². The number of esters is 1. The highest BCUT2D eigenvalue weighted by Gasteiger charge is 2.14. The van der Waals surface area contributed by atoms with Crippen molar-refractivity contribution in [3.05, 3.63) is 0 Å². The van der Waals surface area contributed by atoms with Gasteiger partial charge in [-0.3, -0.25) is 9.59 Å². The average molecular weight is 679 g/mol. The first-order chi connectivity index (χ1) is 23.6. The molecule has 1 N–H and O–H groups in total. The van der Waals surface area contributed by atoms with Crippen molar-refractivity contribution in [2.24, 2.45) is 0 Å². The van der Waals surface area contributed by atoms with E-state index in [1.165, 1.54) is 173 Å². The molecule has 0 aliphatic carbocycles. The summed E-state index contributed by atoms with van der Waals surface area (Å²) in [4.78, 5) is 23.4. The number of hydrogen-bond acceptors (Lipinski definition) is 3. The molecular formula is C44H86O4. The highest BCUT2D eigenvalue weighted by Crippen LogP contribution is 2.19. The zero-order chi connectivity index (χ0) is 35.0. The maximum Gasteiger partial charge on any atom is 0.306 e. The summed E-state index contributed by atoms with van der Waals surface area (Å²) in [7, 11) is 0. The van der Waals surface area contributed by atoms with E-state index in [1.807, 2.05) is 0 Å². The number of carbonyl (C=O) groups is 2. The predicted molar refractivity (Wildman–Crippen MR) is 209 cm³/mol. The monoisotopic (exact) mass is 679 g/mol. The molecule has 0 rings (SSSR count). The molecule has 48 heavy (non-hydrogen) atoms. The van der Waals surface area contributed by atoms with Gasteiger partial charge in [-0.1, -0.05) is 213 Å². The second-order valence-corrected chi connectivity index (χ2v) is 15.3. The number of aliphatic carboxylic acids is 1. The number of unbranched alkanes of at least 4 members (excludes halogenated alkanes) is 32. The third-order valence-electron chi connectivity index (χ3n) is 10.3. The van der Waals surface area contributed by atoms with Crippen LogP contribution in [0.4, 0.5) is 0 Å². The Hall–Kier alpha value is -1.06. The lowest BCUT2D eigenvalue weighted by atomic mass is 10.0. The van der Waals surface area contributed by atoms with Gasteiger partial charge in [0.25, 0.3) is 0 Å². The van der Waals surface area contributed by atoms with Crippen molar-refractivity contribution in [1.29, 1.82) is 0 Å². The first kappa shape index (κ1) is 46.9. The Morgan fingerprint density at radius 3 is 0.917 bits per heavy atom. The van der Waals surface area contributed by atoms with Crippen LogP contribution in [0, 0.1) is 0 Å². The van der Waals surface area contributed by atoms with Crippen molar-refractivity contribution in [2.45, 2.75) is 270 Å². The molecule has 0 aromatic carbocycles. The number of carbonyl (C=O) groups excluding carboxylic acids is 1. The van der Waals surface area contributed by atoms with E-state index in [1.54, 1.807) is 0 Å². The van der Waals surface area contributed by atoms with Crippen LogP contribution in [0.2, 0.25) is 0 Å². The molecular weight excluding hydrogens is 592 g/mol. The molecule has 0 heterocycles. The van der Waals surface area contributed by atoms with Crippen molar-refractivity contribution in [3.63, 3.8) is 0 Å². The zero-order valence-corrected chi connectivity index (χ0v) is 32.8. The summed E-state index contributed by atoms with van der Waals surface area (Å²) in [5.41, 5.74) is 0. The summed E-state index contributed by atoms with van der Waals surface area (Å²) in [5, 5.41) is 8.83. The standard InChI is InChI=1S/C44H86O4/c1-3-5-7-9-11-13-15-17-18-19-20-21-22-24-26-28-33-37-41-44(47)48-42(39-35-31-29-32-36-40-43(45)46)38-34-30-27-25-23-16-14-12-10-8-6-4-2/h42H,3-41H2,1-2H3,(H,45,46). The first-order valence-electron chi connectivity index (χ1n) is 22.0. The van der Waals surface area contributed by atoms with Gasteiger partial charge in [0.1, 0.15) is 6.10 Å². The van der Waals surface area contributed by atoms with Crippen LogP contribution >= 0.6 is 0 Å².